The normalized spacial score (nSPS) is 15.4. The highest BCUT2D eigenvalue weighted by Gasteiger charge is 2.36. The number of nitrogens with one attached hydrogen (secondary N) is 2. The van der Waals surface area contributed by atoms with E-state index in [1.165, 1.54) is 4.90 Å². The zero-order chi connectivity index (χ0) is 25.8. The van der Waals surface area contributed by atoms with E-state index in [2.05, 4.69) is 10.6 Å². The first-order chi connectivity index (χ1) is 17.3. The largest absolute Gasteiger partial charge is 0.351 e. The Morgan fingerprint density at radius 3 is 2.28 bits per heavy atom. The number of hydrogen-bond acceptors (Lipinski definition) is 3. The first-order valence-corrected chi connectivity index (χ1v) is 11.8. The van der Waals surface area contributed by atoms with Crippen molar-refractivity contribution in [3.63, 3.8) is 0 Å². The topological polar surface area (TPSA) is 78.5 Å². The molecule has 1 heterocycles. The summed E-state index contributed by atoms with van der Waals surface area (Å²) in [7, 11) is 1.65. The van der Waals surface area contributed by atoms with Crippen molar-refractivity contribution < 1.29 is 23.2 Å². The van der Waals surface area contributed by atoms with Gasteiger partial charge in [-0.05, 0) is 41.3 Å². The highest BCUT2D eigenvalue weighted by Crippen LogP contribution is 2.39. The quantitative estimate of drug-likeness (QED) is 0.478. The molecule has 0 bridgehead atoms. The number of para-hydroxylation sites is 1. The summed E-state index contributed by atoms with van der Waals surface area (Å²) < 4.78 is 27.0. The van der Waals surface area contributed by atoms with Crippen molar-refractivity contribution >= 4 is 23.4 Å². The van der Waals surface area contributed by atoms with Crippen LogP contribution in [0.4, 0.5) is 14.5 Å². The standard InChI is InChI=1S/C28H27F2N3O3/c1-3-8-23(26(34)31-16-17-13-18(29)15-19(30)14-17)27(35)32-25-22-11-5-4-9-20(22)21-10-6-7-12-24(21)33(2)28(25)36/h4-7,9-15,23,25H,3,8,16H2,1-2H3,(H,31,34)(H,32,35)/t23-,25-/m1/s1. The maximum atomic E-state index is 13.5. The predicted molar refractivity (Wildman–Crippen MR) is 133 cm³/mol. The molecule has 2 atom stereocenters. The molecule has 0 radical (unpaired) electrons. The van der Waals surface area contributed by atoms with E-state index >= 15 is 0 Å². The van der Waals surface area contributed by atoms with Gasteiger partial charge in [-0.1, -0.05) is 55.8 Å². The van der Waals surface area contributed by atoms with E-state index in [1.807, 2.05) is 43.3 Å². The summed E-state index contributed by atoms with van der Waals surface area (Å²) in [5.41, 5.74) is 3.28. The summed E-state index contributed by atoms with van der Waals surface area (Å²) in [4.78, 5) is 41.3. The Morgan fingerprint density at radius 1 is 0.944 bits per heavy atom. The number of hydrogen-bond donors (Lipinski definition) is 2. The summed E-state index contributed by atoms with van der Waals surface area (Å²) in [5, 5.41) is 5.39. The van der Waals surface area contributed by atoms with Crippen molar-refractivity contribution in [2.75, 3.05) is 11.9 Å². The number of amides is 3. The van der Waals surface area contributed by atoms with Crippen molar-refractivity contribution in [2.45, 2.75) is 32.4 Å². The molecule has 1 aliphatic rings. The third-order valence-corrected chi connectivity index (χ3v) is 6.29. The van der Waals surface area contributed by atoms with Gasteiger partial charge in [0.1, 0.15) is 23.6 Å². The molecular weight excluding hydrogens is 464 g/mol. The molecule has 8 heteroatoms. The zero-order valence-corrected chi connectivity index (χ0v) is 20.1. The summed E-state index contributed by atoms with van der Waals surface area (Å²) >= 11 is 0. The molecule has 0 aliphatic carbocycles. The Morgan fingerprint density at radius 2 is 1.58 bits per heavy atom. The Bertz CT molecular complexity index is 1290. The molecule has 0 spiro atoms. The minimum atomic E-state index is -1.08. The second kappa shape index (κ2) is 10.7. The van der Waals surface area contributed by atoms with Crippen LogP contribution in [0.2, 0.25) is 0 Å². The van der Waals surface area contributed by atoms with Crippen LogP contribution in [0.1, 0.15) is 36.9 Å². The van der Waals surface area contributed by atoms with Gasteiger partial charge in [-0.15, -0.1) is 0 Å². The molecule has 3 aromatic rings. The van der Waals surface area contributed by atoms with E-state index in [0.717, 1.165) is 35.0 Å². The molecule has 0 unspecified atom stereocenters. The molecule has 1 aliphatic heterocycles. The number of rotatable bonds is 7. The predicted octanol–water partition coefficient (Wildman–Crippen LogP) is 4.50. The van der Waals surface area contributed by atoms with Crippen LogP contribution in [-0.2, 0) is 20.9 Å². The Balaban J connectivity index is 1.57. The van der Waals surface area contributed by atoms with Crippen molar-refractivity contribution in [1.82, 2.24) is 10.6 Å². The second-order valence-corrected chi connectivity index (χ2v) is 8.78. The van der Waals surface area contributed by atoms with Gasteiger partial charge in [0, 0.05) is 25.2 Å². The first-order valence-electron chi connectivity index (χ1n) is 11.8. The fourth-order valence-electron chi connectivity index (χ4n) is 4.51. The number of nitrogens with zero attached hydrogens (tertiary/aromatic N) is 1. The monoisotopic (exact) mass is 491 g/mol. The molecule has 36 heavy (non-hydrogen) atoms. The highest BCUT2D eigenvalue weighted by atomic mass is 19.1. The van der Waals surface area contributed by atoms with Gasteiger partial charge in [-0.2, -0.15) is 0 Å². The van der Waals surface area contributed by atoms with E-state index in [1.54, 1.807) is 19.2 Å². The van der Waals surface area contributed by atoms with Gasteiger partial charge in [0.15, 0.2) is 0 Å². The molecule has 186 valence electrons. The van der Waals surface area contributed by atoms with Gasteiger partial charge < -0.3 is 15.5 Å². The molecule has 0 saturated carbocycles. The third-order valence-electron chi connectivity index (χ3n) is 6.29. The minimum Gasteiger partial charge on any atom is -0.351 e. The van der Waals surface area contributed by atoms with Gasteiger partial charge in [-0.3, -0.25) is 14.4 Å². The van der Waals surface area contributed by atoms with E-state index in [0.29, 0.717) is 12.0 Å². The number of benzene rings is 3. The Kier molecular flexibility index (Phi) is 7.43. The van der Waals surface area contributed by atoms with Crippen LogP contribution in [0.15, 0.2) is 66.7 Å². The van der Waals surface area contributed by atoms with E-state index in [9.17, 15) is 23.2 Å². The lowest BCUT2D eigenvalue weighted by molar-refractivity contribution is -0.137. The number of carbonyl (C=O) groups is 3. The van der Waals surface area contributed by atoms with Crippen LogP contribution >= 0.6 is 0 Å². The van der Waals surface area contributed by atoms with Crippen LogP contribution in [0.3, 0.4) is 0 Å². The fourth-order valence-corrected chi connectivity index (χ4v) is 4.51. The molecule has 0 saturated heterocycles. The zero-order valence-electron chi connectivity index (χ0n) is 20.1. The molecular formula is C28H27F2N3O3. The van der Waals surface area contributed by atoms with E-state index in [4.69, 9.17) is 0 Å². The summed E-state index contributed by atoms with van der Waals surface area (Å²) in [6.07, 6.45) is 0.786. The van der Waals surface area contributed by atoms with Crippen LogP contribution < -0.4 is 15.5 Å². The maximum Gasteiger partial charge on any atom is 0.253 e. The number of likely N-dealkylation sites (N-methyl/N-ethyl adjacent to an activating group) is 1. The molecule has 0 fully saturated rings. The third kappa shape index (κ3) is 5.12. The number of anilines is 1. The smallest absolute Gasteiger partial charge is 0.253 e. The SMILES string of the molecule is CCC[C@H](C(=O)NCc1cc(F)cc(F)c1)C(=O)N[C@H]1C(=O)N(C)c2ccccc2-c2ccccc21. The van der Waals surface area contributed by atoms with Gasteiger partial charge >= 0.3 is 0 Å². The van der Waals surface area contributed by atoms with Gasteiger partial charge in [0.2, 0.25) is 11.8 Å². The second-order valence-electron chi connectivity index (χ2n) is 8.78. The molecule has 2 N–H and O–H groups in total. The average molecular weight is 492 g/mol. The van der Waals surface area contributed by atoms with Crippen molar-refractivity contribution in [1.29, 1.82) is 0 Å². The van der Waals surface area contributed by atoms with Gasteiger partial charge in [0.05, 0.1) is 5.69 Å². The number of halogens is 2. The summed E-state index contributed by atoms with van der Waals surface area (Å²) in [5.74, 6) is -4.08. The summed E-state index contributed by atoms with van der Waals surface area (Å²) in [6.45, 7) is 1.70. The molecule has 0 aromatic heterocycles. The molecule has 3 amide bonds. The minimum absolute atomic E-state index is 0.135. The van der Waals surface area contributed by atoms with Crippen LogP contribution in [0.5, 0.6) is 0 Å². The molecule has 4 rings (SSSR count). The Labute approximate surface area is 208 Å². The number of carbonyl (C=O) groups excluding carboxylic acids is 3. The first kappa shape index (κ1) is 25.0. The lowest BCUT2D eigenvalue weighted by Gasteiger charge is -2.25. The van der Waals surface area contributed by atoms with Gasteiger partial charge in [-0.25, -0.2) is 8.78 Å². The Hall–Kier alpha value is -4.07. The highest BCUT2D eigenvalue weighted by molar-refractivity contribution is 6.07. The van der Waals surface area contributed by atoms with Crippen LogP contribution in [-0.4, -0.2) is 24.8 Å². The lowest BCUT2D eigenvalue weighted by atomic mass is 9.94. The maximum absolute atomic E-state index is 13.5. The van der Waals surface area contributed by atoms with Crippen LogP contribution in [0.25, 0.3) is 11.1 Å². The van der Waals surface area contributed by atoms with Gasteiger partial charge in [0.25, 0.3) is 5.91 Å². The molecule has 6 nitrogen and oxygen atoms in total. The van der Waals surface area contributed by atoms with Crippen molar-refractivity contribution in [3.8, 4) is 11.1 Å². The lowest BCUT2D eigenvalue weighted by Crippen LogP contribution is -2.46. The van der Waals surface area contributed by atoms with Crippen molar-refractivity contribution in [3.05, 3.63) is 89.5 Å². The average Bonchev–Trinajstić information content (AvgIpc) is 2.95. The number of fused-ring (bicyclic) bond motifs is 3. The van der Waals surface area contributed by atoms with Crippen molar-refractivity contribution in [2.24, 2.45) is 5.92 Å². The summed E-state index contributed by atoms with van der Waals surface area (Å²) in [6, 6.07) is 16.8. The van der Waals surface area contributed by atoms with E-state index < -0.39 is 35.4 Å². The fraction of sp³-hybridized carbons (Fsp3) is 0.250. The van der Waals surface area contributed by atoms with Crippen LogP contribution in [0, 0.1) is 17.6 Å². The van der Waals surface area contributed by atoms with E-state index in [-0.39, 0.29) is 24.4 Å². The molecule has 3 aromatic carbocycles.